The molecule has 5 heteroatoms. The molecule has 0 aliphatic carbocycles. The van der Waals surface area contributed by atoms with Crippen molar-refractivity contribution in [3.63, 3.8) is 0 Å². The van der Waals surface area contributed by atoms with Crippen molar-refractivity contribution in [2.24, 2.45) is 5.73 Å². The Morgan fingerprint density at radius 3 is 2.50 bits per heavy atom. The molecule has 0 aliphatic rings. The van der Waals surface area contributed by atoms with Crippen LogP contribution in [0.15, 0.2) is 24.3 Å². The van der Waals surface area contributed by atoms with Crippen LogP contribution in [-0.4, -0.2) is 19.1 Å². The number of halogens is 1. The summed E-state index contributed by atoms with van der Waals surface area (Å²) in [5, 5.41) is 2.86. The smallest absolute Gasteiger partial charge is 0.220 e. The van der Waals surface area contributed by atoms with E-state index in [-0.39, 0.29) is 24.4 Å². The van der Waals surface area contributed by atoms with E-state index in [4.69, 9.17) is 10.5 Å². The largest absolute Gasteiger partial charge is 0.497 e. The number of carbonyl (C=O) groups is 1. The van der Waals surface area contributed by atoms with Crippen molar-refractivity contribution < 1.29 is 9.53 Å². The van der Waals surface area contributed by atoms with Gasteiger partial charge in [-0.1, -0.05) is 12.1 Å². The van der Waals surface area contributed by atoms with Crippen LogP contribution in [0, 0.1) is 0 Å². The molecular formula is C13H21ClN2O2. The lowest BCUT2D eigenvalue weighted by Gasteiger charge is -2.07. The third kappa shape index (κ3) is 6.47. The number of carbonyl (C=O) groups excluding carboxylic acids is 1. The molecule has 1 amide bonds. The van der Waals surface area contributed by atoms with E-state index in [9.17, 15) is 4.79 Å². The molecule has 1 atom stereocenters. The molecule has 0 aromatic heterocycles. The molecule has 0 radical (unpaired) electrons. The summed E-state index contributed by atoms with van der Waals surface area (Å²) in [6, 6.07) is 7.70. The summed E-state index contributed by atoms with van der Waals surface area (Å²) >= 11 is 0. The van der Waals surface area contributed by atoms with Crippen LogP contribution < -0.4 is 15.8 Å². The fourth-order valence-corrected chi connectivity index (χ4v) is 1.39. The summed E-state index contributed by atoms with van der Waals surface area (Å²) in [6.45, 7) is 2.44. The van der Waals surface area contributed by atoms with Gasteiger partial charge in [0.05, 0.1) is 7.11 Å². The highest BCUT2D eigenvalue weighted by Crippen LogP contribution is 2.10. The molecular weight excluding hydrogens is 252 g/mol. The van der Waals surface area contributed by atoms with Crippen LogP contribution in [0.3, 0.4) is 0 Å². The summed E-state index contributed by atoms with van der Waals surface area (Å²) in [4.78, 5) is 11.5. The van der Waals surface area contributed by atoms with E-state index in [1.807, 2.05) is 31.2 Å². The minimum atomic E-state index is 0. The van der Waals surface area contributed by atoms with Crippen LogP contribution in [-0.2, 0) is 11.3 Å². The Balaban J connectivity index is 0.00000289. The molecule has 1 aromatic rings. The summed E-state index contributed by atoms with van der Waals surface area (Å²) < 4.78 is 5.06. The van der Waals surface area contributed by atoms with Crippen molar-refractivity contribution >= 4 is 18.3 Å². The van der Waals surface area contributed by atoms with Gasteiger partial charge in [-0.05, 0) is 31.0 Å². The van der Waals surface area contributed by atoms with Crippen molar-refractivity contribution in [3.05, 3.63) is 29.8 Å². The van der Waals surface area contributed by atoms with Gasteiger partial charge in [0.2, 0.25) is 5.91 Å². The molecule has 0 bridgehead atoms. The van der Waals surface area contributed by atoms with Crippen LogP contribution in [0.25, 0.3) is 0 Å². The maximum absolute atomic E-state index is 11.5. The lowest BCUT2D eigenvalue weighted by Crippen LogP contribution is -2.25. The third-order valence-corrected chi connectivity index (χ3v) is 2.48. The van der Waals surface area contributed by atoms with Crippen LogP contribution in [0.2, 0.25) is 0 Å². The molecule has 0 heterocycles. The quantitative estimate of drug-likeness (QED) is 0.831. The van der Waals surface area contributed by atoms with E-state index in [1.165, 1.54) is 0 Å². The molecule has 3 N–H and O–H groups in total. The first-order valence-electron chi connectivity index (χ1n) is 5.77. The Kier molecular flexibility index (Phi) is 8.16. The summed E-state index contributed by atoms with van der Waals surface area (Å²) in [7, 11) is 1.63. The minimum absolute atomic E-state index is 0. The van der Waals surface area contributed by atoms with Gasteiger partial charge in [0, 0.05) is 19.0 Å². The van der Waals surface area contributed by atoms with Crippen molar-refractivity contribution in [2.45, 2.75) is 32.4 Å². The number of benzene rings is 1. The van der Waals surface area contributed by atoms with Crippen LogP contribution in [0.5, 0.6) is 5.75 Å². The Hall–Kier alpha value is -1.26. The number of nitrogens with one attached hydrogen (secondary N) is 1. The number of hydrogen-bond donors (Lipinski definition) is 2. The highest BCUT2D eigenvalue weighted by Gasteiger charge is 2.03. The predicted molar refractivity (Wildman–Crippen MR) is 75.0 cm³/mol. The number of amides is 1. The zero-order chi connectivity index (χ0) is 12.7. The standard InChI is InChI=1S/C13H20N2O2.ClH/c1-10(14)3-8-13(16)15-9-11-4-6-12(17-2)7-5-11;/h4-7,10H,3,8-9,14H2,1-2H3,(H,15,16);1H. The highest BCUT2D eigenvalue weighted by atomic mass is 35.5. The SMILES string of the molecule is COc1ccc(CNC(=O)CCC(C)N)cc1.Cl. The van der Waals surface area contributed by atoms with E-state index >= 15 is 0 Å². The second kappa shape index (κ2) is 8.78. The average Bonchev–Trinajstić information content (AvgIpc) is 2.34. The number of ether oxygens (including phenoxy) is 1. The zero-order valence-corrected chi connectivity index (χ0v) is 11.6. The third-order valence-electron chi connectivity index (χ3n) is 2.48. The molecule has 18 heavy (non-hydrogen) atoms. The zero-order valence-electron chi connectivity index (χ0n) is 10.8. The average molecular weight is 273 g/mol. The van der Waals surface area contributed by atoms with E-state index < -0.39 is 0 Å². The second-order valence-electron chi connectivity index (χ2n) is 4.14. The molecule has 102 valence electrons. The lowest BCUT2D eigenvalue weighted by atomic mass is 10.2. The Morgan fingerprint density at radius 1 is 1.39 bits per heavy atom. The Labute approximate surface area is 114 Å². The summed E-state index contributed by atoms with van der Waals surface area (Å²) in [5.41, 5.74) is 6.64. The monoisotopic (exact) mass is 272 g/mol. The highest BCUT2D eigenvalue weighted by molar-refractivity contribution is 5.85. The molecule has 0 spiro atoms. The molecule has 0 saturated heterocycles. The van der Waals surface area contributed by atoms with Gasteiger partial charge in [-0.15, -0.1) is 12.4 Å². The van der Waals surface area contributed by atoms with Gasteiger partial charge in [-0.3, -0.25) is 4.79 Å². The van der Waals surface area contributed by atoms with Crippen LogP contribution >= 0.6 is 12.4 Å². The first-order valence-corrected chi connectivity index (χ1v) is 5.77. The normalized spacial score (nSPS) is 11.3. The number of nitrogens with two attached hydrogens (primary N) is 1. The molecule has 0 saturated carbocycles. The van der Waals surface area contributed by atoms with Crippen LogP contribution in [0.1, 0.15) is 25.3 Å². The Morgan fingerprint density at radius 2 is 2.00 bits per heavy atom. The summed E-state index contributed by atoms with van der Waals surface area (Å²) in [6.07, 6.45) is 1.20. The van der Waals surface area contributed by atoms with Gasteiger partial charge in [-0.2, -0.15) is 0 Å². The molecule has 1 unspecified atom stereocenters. The Bertz CT molecular complexity index is 353. The maximum Gasteiger partial charge on any atom is 0.220 e. The minimum Gasteiger partial charge on any atom is -0.497 e. The van der Waals surface area contributed by atoms with E-state index in [1.54, 1.807) is 7.11 Å². The van der Waals surface area contributed by atoms with Gasteiger partial charge in [0.25, 0.3) is 0 Å². The topological polar surface area (TPSA) is 64.3 Å². The summed E-state index contributed by atoms with van der Waals surface area (Å²) in [5.74, 6) is 0.857. The lowest BCUT2D eigenvalue weighted by molar-refractivity contribution is -0.121. The van der Waals surface area contributed by atoms with Gasteiger partial charge in [-0.25, -0.2) is 0 Å². The molecule has 1 rings (SSSR count). The van der Waals surface area contributed by atoms with E-state index in [0.717, 1.165) is 11.3 Å². The van der Waals surface area contributed by atoms with Crippen molar-refractivity contribution in [1.29, 1.82) is 0 Å². The van der Waals surface area contributed by atoms with Gasteiger partial charge < -0.3 is 15.8 Å². The van der Waals surface area contributed by atoms with Crippen molar-refractivity contribution in [3.8, 4) is 5.75 Å². The second-order valence-corrected chi connectivity index (χ2v) is 4.14. The first-order chi connectivity index (χ1) is 8.11. The molecule has 0 aliphatic heterocycles. The van der Waals surface area contributed by atoms with E-state index in [2.05, 4.69) is 5.32 Å². The van der Waals surface area contributed by atoms with Crippen molar-refractivity contribution in [1.82, 2.24) is 5.32 Å². The molecule has 0 fully saturated rings. The predicted octanol–water partition coefficient (Wildman–Crippen LogP) is 1.86. The fourth-order valence-electron chi connectivity index (χ4n) is 1.39. The fraction of sp³-hybridized carbons (Fsp3) is 0.462. The van der Waals surface area contributed by atoms with Crippen molar-refractivity contribution in [2.75, 3.05) is 7.11 Å². The maximum atomic E-state index is 11.5. The molecule has 4 nitrogen and oxygen atoms in total. The van der Waals surface area contributed by atoms with E-state index in [0.29, 0.717) is 19.4 Å². The number of rotatable bonds is 6. The first kappa shape index (κ1) is 16.7. The number of hydrogen-bond acceptors (Lipinski definition) is 3. The van der Waals surface area contributed by atoms with Gasteiger partial charge in [0.15, 0.2) is 0 Å². The van der Waals surface area contributed by atoms with Gasteiger partial charge >= 0.3 is 0 Å². The molecule has 1 aromatic carbocycles. The van der Waals surface area contributed by atoms with Gasteiger partial charge in [0.1, 0.15) is 5.75 Å². The van der Waals surface area contributed by atoms with Crippen LogP contribution in [0.4, 0.5) is 0 Å². The number of methoxy groups -OCH3 is 1.